The number of hydrogen-bond donors (Lipinski definition) is 2. The minimum atomic E-state index is -0.771. The van der Waals surface area contributed by atoms with Crippen molar-refractivity contribution in [2.75, 3.05) is 19.4 Å². The topological polar surface area (TPSA) is 138 Å². The number of methoxy groups -OCH3 is 1. The molecule has 55 heavy (non-hydrogen) atoms. The number of benzene rings is 2. The smallest absolute Gasteiger partial charge is 0.328 e. The number of carbonyl (C=O) groups excluding carboxylic acids is 5. The number of esters is 1. The molecule has 4 amide bonds. The first-order valence-electron chi connectivity index (χ1n) is 19.7. The Morgan fingerprint density at radius 3 is 1.98 bits per heavy atom. The standard InChI is InChI=1S/C43H53N5O6S/c1-54-43(53)37-18-10-19-38-48(37)42(52)36(22-25-55-38)46-40(50)34(27-31-14-6-3-7-15-31)21-20-33(26-30-12-4-2-5-13-30)39(49)45-35-17-8-9-24-47(41(35)51)29-32-16-11-23-44-28-32/h2-7,11-16,23,28,33-38H,8-10,17-22,24-27,29H2,1H3,(H,45,49)(H,46,50)/t33-,34-,35+,36+,37+,38+/m1/s1. The van der Waals surface area contributed by atoms with Crippen molar-refractivity contribution in [1.82, 2.24) is 25.4 Å². The molecule has 3 aliphatic heterocycles. The van der Waals surface area contributed by atoms with Gasteiger partial charge in [-0.3, -0.25) is 24.2 Å². The van der Waals surface area contributed by atoms with E-state index in [4.69, 9.17) is 4.74 Å². The molecule has 3 fully saturated rings. The number of ether oxygens (including phenoxy) is 1. The summed E-state index contributed by atoms with van der Waals surface area (Å²) in [4.78, 5) is 76.8. The van der Waals surface area contributed by atoms with Crippen molar-refractivity contribution in [1.29, 1.82) is 0 Å². The number of hydrogen-bond acceptors (Lipinski definition) is 8. The van der Waals surface area contributed by atoms with Crippen LogP contribution in [0, 0.1) is 11.8 Å². The van der Waals surface area contributed by atoms with Gasteiger partial charge in [-0.1, -0.05) is 66.7 Å². The van der Waals surface area contributed by atoms with E-state index in [9.17, 15) is 24.0 Å². The van der Waals surface area contributed by atoms with Gasteiger partial charge in [0.05, 0.1) is 12.5 Å². The van der Waals surface area contributed by atoms with Gasteiger partial charge in [0.2, 0.25) is 23.6 Å². The van der Waals surface area contributed by atoms with Crippen molar-refractivity contribution in [3.8, 4) is 0 Å². The zero-order valence-electron chi connectivity index (χ0n) is 31.6. The number of likely N-dealkylation sites (tertiary alicyclic amines) is 1. The highest BCUT2D eigenvalue weighted by molar-refractivity contribution is 7.99. The number of fused-ring (bicyclic) bond motifs is 1. The number of nitrogens with one attached hydrogen (secondary N) is 2. The molecule has 6 rings (SSSR count). The number of thioether (sulfide) groups is 1. The Kier molecular flexibility index (Phi) is 14.4. The number of piperidine rings is 1. The Hall–Kier alpha value is -4.71. The van der Waals surface area contributed by atoms with E-state index in [0.717, 1.165) is 42.4 Å². The predicted octanol–water partition coefficient (Wildman–Crippen LogP) is 5.08. The third-order valence-electron chi connectivity index (χ3n) is 11.1. The van der Waals surface area contributed by atoms with Crippen LogP contribution in [0.25, 0.3) is 0 Å². The van der Waals surface area contributed by atoms with Crippen molar-refractivity contribution in [3.63, 3.8) is 0 Å². The van der Waals surface area contributed by atoms with Crippen molar-refractivity contribution < 1.29 is 28.7 Å². The van der Waals surface area contributed by atoms with E-state index in [1.54, 1.807) is 29.1 Å². The molecule has 3 aromatic rings. The average Bonchev–Trinajstić information content (AvgIpc) is 3.48. The Morgan fingerprint density at radius 2 is 1.38 bits per heavy atom. The van der Waals surface area contributed by atoms with Gasteiger partial charge >= 0.3 is 5.97 Å². The van der Waals surface area contributed by atoms with E-state index < -0.39 is 35.9 Å². The fraction of sp³-hybridized carbons (Fsp3) is 0.488. The molecule has 292 valence electrons. The number of aromatic nitrogens is 1. The lowest BCUT2D eigenvalue weighted by Gasteiger charge is -2.40. The fourth-order valence-corrected chi connectivity index (χ4v) is 9.48. The highest BCUT2D eigenvalue weighted by Crippen LogP contribution is 2.35. The van der Waals surface area contributed by atoms with Gasteiger partial charge in [-0.2, -0.15) is 0 Å². The van der Waals surface area contributed by atoms with Crippen LogP contribution >= 0.6 is 11.8 Å². The van der Waals surface area contributed by atoms with Gasteiger partial charge in [-0.05, 0) is 99.1 Å². The van der Waals surface area contributed by atoms with E-state index in [-0.39, 0.29) is 29.0 Å². The number of nitrogens with zero attached hydrogens (tertiary/aromatic N) is 3. The van der Waals surface area contributed by atoms with Crippen LogP contribution in [0.15, 0.2) is 85.2 Å². The summed E-state index contributed by atoms with van der Waals surface area (Å²) >= 11 is 1.65. The minimum Gasteiger partial charge on any atom is -0.467 e. The third kappa shape index (κ3) is 10.7. The maximum Gasteiger partial charge on any atom is 0.328 e. The Bertz CT molecular complexity index is 1750. The van der Waals surface area contributed by atoms with Gasteiger partial charge in [-0.25, -0.2) is 4.79 Å². The molecule has 3 aliphatic rings. The normalized spacial score (nSPS) is 22.7. The summed E-state index contributed by atoms with van der Waals surface area (Å²) < 4.78 is 5.07. The zero-order chi connectivity index (χ0) is 38.6. The SMILES string of the molecule is COC(=O)[C@@H]1CCC[C@@H]2SCC[C@H](NC(=O)[C@H](CC[C@H](Cc3ccccc3)C(=O)N[C@H]3CCCCN(Cc4cccnc4)C3=O)Cc3ccccc3)C(=O)N21. The summed E-state index contributed by atoms with van der Waals surface area (Å²) in [7, 11) is 1.34. The first kappa shape index (κ1) is 40.0. The molecular weight excluding hydrogens is 715 g/mol. The summed E-state index contributed by atoms with van der Waals surface area (Å²) in [6, 6.07) is 21.3. The van der Waals surface area contributed by atoms with Crippen LogP contribution in [0.2, 0.25) is 0 Å². The highest BCUT2D eigenvalue weighted by Gasteiger charge is 2.44. The van der Waals surface area contributed by atoms with E-state index >= 15 is 0 Å². The van der Waals surface area contributed by atoms with Gasteiger partial charge in [0.15, 0.2) is 0 Å². The second-order valence-electron chi connectivity index (χ2n) is 14.9. The van der Waals surface area contributed by atoms with E-state index in [2.05, 4.69) is 15.6 Å². The van der Waals surface area contributed by atoms with Crippen molar-refractivity contribution in [2.45, 2.75) is 101 Å². The molecule has 2 aromatic carbocycles. The van der Waals surface area contributed by atoms with E-state index in [1.165, 1.54) is 7.11 Å². The van der Waals surface area contributed by atoms with Crippen LogP contribution < -0.4 is 10.6 Å². The maximum absolute atomic E-state index is 14.3. The maximum atomic E-state index is 14.3. The van der Waals surface area contributed by atoms with Crippen LogP contribution in [0.4, 0.5) is 0 Å². The largest absolute Gasteiger partial charge is 0.467 e. The highest BCUT2D eigenvalue weighted by atomic mass is 32.2. The molecule has 0 aliphatic carbocycles. The van der Waals surface area contributed by atoms with Crippen LogP contribution in [-0.4, -0.2) is 87.3 Å². The van der Waals surface area contributed by atoms with Gasteiger partial charge < -0.3 is 25.2 Å². The minimum absolute atomic E-state index is 0.0916. The van der Waals surface area contributed by atoms with Gasteiger partial charge in [0, 0.05) is 37.3 Å². The lowest BCUT2D eigenvalue weighted by atomic mass is 9.86. The molecule has 0 unspecified atom stereocenters. The van der Waals surface area contributed by atoms with Crippen molar-refractivity contribution in [3.05, 3.63) is 102 Å². The number of rotatable bonds is 14. The molecule has 11 nitrogen and oxygen atoms in total. The molecule has 4 heterocycles. The second kappa shape index (κ2) is 19.7. The van der Waals surface area contributed by atoms with Gasteiger partial charge in [0.25, 0.3) is 0 Å². The monoisotopic (exact) mass is 767 g/mol. The van der Waals surface area contributed by atoms with Crippen molar-refractivity contribution >= 4 is 41.4 Å². The Morgan fingerprint density at radius 1 is 0.764 bits per heavy atom. The molecule has 0 radical (unpaired) electrons. The van der Waals surface area contributed by atoms with Crippen LogP contribution in [0.1, 0.15) is 74.5 Å². The lowest BCUT2D eigenvalue weighted by Crippen LogP contribution is -2.57. The van der Waals surface area contributed by atoms with Gasteiger partial charge in [-0.15, -0.1) is 11.8 Å². The fourth-order valence-electron chi connectivity index (χ4n) is 8.09. The van der Waals surface area contributed by atoms with Gasteiger partial charge in [0.1, 0.15) is 18.1 Å². The molecule has 2 N–H and O–H groups in total. The number of carbonyl (C=O) groups is 5. The molecule has 0 spiro atoms. The summed E-state index contributed by atoms with van der Waals surface area (Å²) in [5.41, 5.74) is 2.92. The predicted molar refractivity (Wildman–Crippen MR) is 211 cm³/mol. The second-order valence-corrected chi connectivity index (χ2v) is 16.2. The molecule has 0 saturated carbocycles. The summed E-state index contributed by atoms with van der Waals surface area (Å²) in [5, 5.41) is 6.10. The lowest BCUT2D eigenvalue weighted by molar-refractivity contribution is -0.156. The summed E-state index contributed by atoms with van der Waals surface area (Å²) in [5.74, 6) is -1.57. The van der Waals surface area contributed by atoms with E-state index in [0.29, 0.717) is 63.8 Å². The summed E-state index contributed by atoms with van der Waals surface area (Å²) in [6.07, 6.45) is 10.0. The molecular formula is C43H53N5O6S. The van der Waals surface area contributed by atoms with Crippen LogP contribution in [0.5, 0.6) is 0 Å². The Balaban J connectivity index is 1.18. The Labute approximate surface area is 328 Å². The zero-order valence-corrected chi connectivity index (χ0v) is 32.5. The van der Waals surface area contributed by atoms with E-state index in [1.807, 2.05) is 77.7 Å². The number of amides is 4. The third-order valence-corrected chi connectivity index (χ3v) is 12.4. The molecule has 6 atom stereocenters. The van der Waals surface area contributed by atoms with Crippen LogP contribution in [0.3, 0.4) is 0 Å². The summed E-state index contributed by atoms with van der Waals surface area (Å²) in [6.45, 7) is 1.06. The molecule has 1 aromatic heterocycles. The number of pyridine rings is 1. The quantitative estimate of drug-likeness (QED) is 0.217. The first-order chi connectivity index (χ1) is 26.8. The van der Waals surface area contributed by atoms with Crippen molar-refractivity contribution in [2.24, 2.45) is 11.8 Å². The molecule has 12 heteroatoms. The first-order valence-corrected chi connectivity index (χ1v) is 20.7. The average molecular weight is 768 g/mol. The van der Waals surface area contributed by atoms with Crippen LogP contribution in [-0.2, 0) is 48.1 Å². The molecule has 0 bridgehead atoms. The molecule has 3 saturated heterocycles.